The smallest absolute Gasteiger partial charge is 0.0940 e. The summed E-state index contributed by atoms with van der Waals surface area (Å²) in [5.41, 5.74) is 14.9. The number of pyridine rings is 2. The zero-order valence-electron chi connectivity index (χ0n) is 41.1. The second kappa shape index (κ2) is 22.8. The molecule has 1 unspecified atom stereocenters. The summed E-state index contributed by atoms with van der Waals surface area (Å²) in [4.78, 5) is 15.1. The second-order valence-corrected chi connectivity index (χ2v) is 18.4. The van der Waals surface area contributed by atoms with E-state index in [4.69, 9.17) is 15.0 Å². The Kier molecular flexibility index (Phi) is 16.3. The van der Waals surface area contributed by atoms with Gasteiger partial charge in [-0.15, -0.1) is 13.2 Å². The highest BCUT2D eigenvalue weighted by atomic mass is 15.0. The molecule has 0 spiro atoms. The van der Waals surface area contributed by atoms with Crippen molar-refractivity contribution in [3.63, 3.8) is 0 Å². The van der Waals surface area contributed by atoms with Gasteiger partial charge in [0.15, 0.2) is 0 Å². The molecule has 4 nitrogen and oxygen atoms in total. The van der Waals surface area contributed by atoms with Crippen LogP contribution in [0, 0.1) is 0 Å². The van der Waals surface area contributed by atoms with E-state index in [0.717, 1.165) is 39.6 Å². The number of para-hydroxylation sites is 2. The van der Waals surface area contributed by atoms with E-state index in [-0.39, 0.29) is 6.04 Å². The van der Waals surface area contributed by atoms with Crippen LogP contribution < -0.4 is 5.32 Å². The van der Waals surface area contributed by atoms with Gasteiger partial charge in [0.1, 0.15) is 0 Å². The topological polar surface area (TPSA) is 50.2 Å². The zero-order chi connectivity index (χ0) is 48.2. The average Bonchev–Trinajstić information content (AvgIpc) is 3.37. The molecule has 0 radical (unpaired) electrons. The van der Waals surface area contributed by atoms with Crippen molar-refractivity contribution < 1.29 is 0 Å². The molecule has 0 aliphatic carbocycles. The fourth-order valence-corrected chi connectivity index (χ4v) is 8.96. The summed E-state index contributed by atoms with van der Waals surface area (Å²) in [6.07, 6.45) is 1.90. The lowest BCUT2D eigenvalue weighted by molar-refractivity contribution is 0.814. The van der Waals surface area contributed by atoms with E-state index in [0.29, 0.717) is 23.7 Å². The summed E-state index contributed by atoms with van der Waals surface area (Å²) in [6.45, 7) is 23.9. The van der Waals surface area contributed by atoms with Gasteiger partial charge in [0, 0.05) is 16.8 Å². The number of fused-ring (bicyclic) bond motifs is 2. The molecule has 7 aromatic carbocycles. The van der Waals surface area contributed by atoms with Gasteiger partial charge in [0.25, 0.3) is 0 Å². The number of nitrogens with zero attached hydrogens (tertiary/aromatic N) is 3. The maximum Gasteiger partial charge on any atom is 0.0940 e. The van der Waals surface area contributed by atoms with Crippen LogP contribution in [-0.4, -0.2) is 16.2 Å². The molecule has 0 bridgehead atoms. The third-order valence-electron chi connectivity index (χ3n) is 12.4. The van der Waals surface area contributed by atoms with E-state index in [9.17, 15) is 0 Å². The molecule has 2 heterocycles. The number of hydrogen-bond donors (Lipinski definition) is 1. The van der Waals surface area contributed by atoms with E-state index in [1.54, 1.807) is 0 Å². The average molecular weight is 891 g/mol. The Morgan fingerprint density at radius 2 is 0.853 bits per heavy atom. The Morgan fingerprint density at radius 1 is 0.426 bits per heavy atom. The summed E-state index contributed by atoms with van der Waals surface area (Å²) in [5.74, 6) is 1.67. The molecule has 9 rings (SSSR count). The van der Waals surface area contributed by atoms with Crippen molar-refractivity contribution in [3.05, 3.63) is 240 Å². The first-order valence-electron chi connectivity index (χ1n) is 24.1. The molecule has 0 aliphatic heterocycles. The predicted octanol–water partition coefficient (Wildman–Crippen LogP) is 18.1. The molecule has 68 heavy (non-hydrogen) atoms. The minimum atomic E-state index is -0.0708. The van der Waals surface area contributed by atoms with Gasteiger partial charge in [0.2, 0.25) is 0 Å². The quantitative estimate of drug-likeness (QED) is 0.0982. The van der Waals surface area contributed by atoms with Crippen LogP contribution in [0.3, 0.4) is 0 Å². The summed E-state index contributed by atoms with van der Waals surface area (Å²) >= 11 is 0. The first-order chi connectivity index (χ1) is 33.1. The lowest BCUT2D eigenvalue weighted by atomic mass is 9.91. The Balaban J connectivity index is 0.000000197. The largest absolute Gasteiger partial charge is 0.372 e. The molecule has 1 atom stereocenters. The molecule has 0 saturated heterocycles. The van der Waals surface area contributed by atoms with Gasteiger partial charge in [-0.25, -0.2) is 4.98 Å². The summed E-state index contributed by atoms with van der Waals surface area (Å²) in [6, 6.07) is 66.1. The fourth-order valence-electron chi connectivity index (χ4n) is 8.96. The minimum absolute atomic E-state index is 0.0708. The van der Waals surface area contributed by atoms with Crippen LogP contribution >= 0.6 is 0 Å². The SMILES string of the molecule is C=C.CC(C)c1cccc(C(C)C)c1N=Cc1cccc(-c2cccc3ccccc23)n1.CC(C)c1cccc(C(C)C)c1NC(c1ccccc1)c1cccc(-c2cccc3ccccc23)n1. The van der Waals surface area contributed by atoms with Crippen LogP contribution in [0.25, 0.3) is 44.1 Å². The number of aliphatic imine (C=N–C) groups is 1. The van der Waals surface area contributed by atoms with E-state index >= 15 is 0 Å². The Bertz CT molecular complexity index is 3040. The van der Waals surface area contributed by atoms with Crippen LogP contribution in [-0.2, 0) is 0 Å². The standard InChI is InChI=1S/C34H34N2.C28H28N2.C2H4/c1-23(2)27-18-11-19-28(24(3)4)34(27)36-33(26-14-6-5-7-15-26)32-22-12-21-31(35-32)30-20-10-16-25-13-8-9-17-29(25)30;1-19(2)23-14-9-15-24(20(3)4)28(23)29-18-22-12-8-17-27(30-22)26-16-7-11-21-10-5-6-13-25(21)26;1-2/h5-24,33,36H,1-4H3;5-20H,1-4H3;1-2H2. The van der Waals surface area contributed by atoms with Crippen LogP contribution in [0.4, 0.5) is 11.4 Å². The van der Waals surface area contributed by atoms with Gasteiger partial charge in [0.05, 0.1) is 40.7 Å². The summed E-state index contributed by atoms with van der Waals surface area (Å²) in [7, 11) is 0. The van der Waals surface area contributed by atoms with Gasteiger partial charge in [-0.1, -0.05) is 219 Å². The number of benzene rings is 7. The van der Waals surface area contributed by atoms with Gasteiger partial charge in [-0.3, -0.25) is 9.98 Å². The third-order valence-corrected chi connectivity index (χ3v) is 12.4. The Morgan fingerprint density at radius 3 is 1.38 bits per heavy atom. The lowest BCUT2D eigenvalue weighted by Gasteiger charge is -2.27. The molecule has 0 fully saturated rings. The normalized spacial score (nSPS) is 11.8. The van der Waals surface area contributed by atoms with Crippen molar-refractivity contribution in [2.75, 3.05) is 5.32 Å². The van der Waals surface area contributed by atoms with E-state index in [1.807, 2.05) is 12.3 Å². The van der Waals surface area contributed by atoms with E-state index in [1.165, 1.54) is 55.0 Å². The highest BCUT2D eigenvalue weighted by Crippen LogP contribution is 2.38. The van der Waals surface area contributed by atoms with E-state index in [2.05, 4.69) is 256 Å². The Labute approximate surface area is 405 Å². The number of nitrogens with one attached hydrogen (secondary N) is 1. The number of rotatable bonds is 12. The third kappa shape index (κ3) is 11.2. The lowest BCUT2D eigenvalue weighted by Crippen LogP contribution is -2.17. The van der Waals surface area contributed by atoms with Crippen molar-refractivity contribution >= 4 is 39.1 Å². The van der Waals surface area contributed by atoms with Crippen molar-refractivity contribution in [2.24, 2.45) is 4.99 Å². The van der Waals surface area contributed by atoms with Crippen LogP contribution in [0.2, 0.25) is 0 Å². The van der Waals surface area contributed by atoms with Crippen LogP contribution in [0.1, 0.15) is 124 Å². The molecule has 0 amide bonds. The molecule has 1 N–H and O–H groups in total. The van der Waals surface area contributed by atoms with Gasteiger partial charge in [-0.05, 0) is 97.3 Å². The molecule has 4 heteroatoms. The molecule has 0 saturated carbocycles. The zero-order valence-corrected chi connectivity index (χ0v) is 41.1. The minimum Gasteiger partial charge on any atom is -0.372 e. The van der Waals surface area contributed by atoms with Crippen molar-refractivity contribution in [3.8, 4) is 22.5 Å². The highest BCUT2D eigenvalue weighted by Gasteiger charge is 2.22. The molecular weight excluding hydrogens is 825 g/mol. The summed E-state index contributed by atoms with van der Waals surface area (Å²) in [5, 5.41) is 8.86. The van der Waals surface area contributed by atoms with Gasteiger partial charge >= 0.3 is 0 Å². The maximum absolute atomic E-state index is 5.25. The van der Waals surface area contributed by atoms with Crippen molar-refractivity contribution in [1.82, 2.24) is 9.97 Å². The Hall–Kier alpha value is -7.43. The molecule has 2 aromatic heterocycles. The van der Waals surface area contributed by atoms with Crippen molar-refractivity contribution in [2.45, 2.75) is 85.1 Å². The maximum atomic E-state index is 5.25. The number of hydrogen-bond acceptors (Lipinski definition) is 4. The summed E-state index contributed by atoms with van der Waals surface area (Å²) < 4.78 is 0. The highest BCUT2D eigenvalue weighted by molar-refractivity contribution is 5.97. The fraction of sp³-hybridized carbons (Fsp3) is 0.203. The molecule has 342 valence electrons. The van der Waals surface area contributed by atoms with Gasteiger partial charge in [-0.2, -0.15) is 0 Å². The van der Waals surface area contributed by atoms with E-state index < -0.39 is 0 Å². The van der Waals surface area contributed by atoms with Crippen molar-refractivity contribution in [1.29, 1.82) is 0 Å². The monoisotopic (exact) mass is 891 g/mol. The van der Waals surface area contributed by atoms with Crippen LogP contribution in [0.5, 0.6) is 0 Å². The number of aromatic nitrogens is 2. The molecule has 0 aliphatic rings. The first kappa shape index (κ1) is 48.5. The van der Waals surface area contributed by atoms with Gasteiger partial charge < -0.3 is 5.32 Å². The first-order valence-corrected chi connectivity index (χ1v) is 24.1. The second-order valence-electron chi connectivity index (χ2n) is 18.4. The molecule has 9 aromatic rings. The van der Waals surface area contributed by atoms with Crippen LogP contribution in [0.15, 0.2) is 206 Å². The predicted molar refractivity (Wildman–Crippen MR) is 294 cm³/mol. The number of anilines is 1. The molecular formula is C64H66N4.